The minimum atomic E-state index is -0.493. The summed E-state index contributed by atoms with van der Waals surface area (Å²) in [6, 6.07) is 28.3. The summed E-state index contributed by atoms with van der Waals surface area (Å²) >= 11 is 0. The molecule has 59 heavy (non-hydrogen) atoms. The molecule has 6 fully saturated rings. The van der Waals surface area contributed by atoms with Gasteiger partial charge in [-0.25, -0.2) is 18.7 Å². The first-order chi connectivity index (χ1) is 29.0. The van der Waals surface area contributed by atoms with Crippen molar-refractivity contribution in [2.75, 3.05) is 22.9 Å². The second kappa shape index (κ2) is 14.4. The topological polar surface area (TPSA) is 87.9 Å². The maximum atomic E-state index is 16.6. The maximum absolute atomic E-state index is 16.6. The molecule has 4 aliphatic heterocycles. The Labute approximate surface area is 344 Å². The molecule has 2 aromatic heterocycles. The van der Waals surface area contributed by atoms with Crippen molar-refractivity contribution in [3.05, 3.63) is 119 Å². The molecule has 8 nitrogen and oxygen atoms in total. The van der Waals surface area contributed by atoms with Crippen molar-refractivity contribution in [2.24, 2.45) is 11.8 Å². The molecule has 6 aromatic rings. The van der Waals surface area contributed by atoms with Crippen molar-refractivity contribution in [1.82, 2.24) is 30.6 Å². The second-order valence-corrected chi connectivity index (χ2v) is 18.7. The van der Waals surface area contributed by atoms with Gasteiger partial charge < -0.3 is 30.4 Å². The number of hydrogen-bond donors (Lipinski definition) is 4. The van der Waals surface area contributed by atoms with E-state index in [-0.39, 0.29) is 29.9 Å². The number of halogens is 2. The number of imidazole rings is 2. The Morgan fingerprint density at radius 2 is 1.10 bits per heavy atom. The Kier molecular flexibility index (Phi) is 8.83. The first-order valence-corrected chi connectivity index (χ1v) is 22.6. The van der Waals surface area contributed by atoms with Crippen LogP contribution in [0.3, 0.4) is 0 Å². The third kappa shape index (κ3) is 6.35. The van der Waals surface area contributed by atoms with Crippen LogP contribution in [0.2, 0.25) is 0 Å². The van der Waals surface area contributed by atoms with E-state index in [1.807, 2.05) is 11.0 Å². The molecule has 12 rings (SSSR count). The van der Waals surface area contributed by atoms with Crippen molar-refractivity contribution < 1.29 is 8.78 Å². The fourth-order valence-corrected chi connectivity index (χ4v) is 12.5. The zero-order chi connectivity index (χ0) is 39.2. The highest BCUT2D eigenvalue weighted by Crippen LogP contribution is 2.49. The summed E-state index contributed by atoms with van der Waals surface area (Å²) in [5, 5.41) is 7.71. The molecule has 2 saturated carbocycles. The summed E-state index contributed by atoms with van der Waals surface area (Å²) in [6.07, 6.45) is 13.5. The predicted octanol–water partition coefficient (Wildman–Crippen LogP) is 10.6. The Morgan fingerprint density at radius 3 is 1.63 bits per heavy atom. The van der Waals surface area contributed by atoms with Crippen LogP contribution in [0.5, 0.6) is 0 Å². The van der Waals surface area contributed by atoms with Gasteiger partial charge in [-0.15, -0.1) is 0 Å². The number of nitrogens with zero attached hydrogens (tertiary/aromatic N) is 4. The van der Waals surface area contributed by atoms with Crippen LogP contribution in [0.15, 0.2) is 78.9 Å². The van der Waals surface area contributed by atoms with Crippen LogP contribution < -0.4 is 20.4 Å². The van der Waals surface area contributed by atoms with Gasteiger partial charge in [-0.3, -0.25) is 0 Å². The predicted molar refractivity (Wildman–Crippen MR) is 230 cm³/mol. The summed E-state index contributed by atoms with van der Waals surface area (Å²) in [6.45, 7) is 1.24. The molecule has 4 aromatic carbocycles. The first kappa shape index (κ1) is 36.1. The molecule has 4 N–H and O–H groups in total. The Morgan fingerprint density at radius 1 is 0.559 bits per heavy atom. The molecule has 0 unspecified atom stereocenters. The molecule has 10 heteroatoms. The highest BCUT2D eigenvalue weighted by Gasteiger charge is 2.41. The number of anilines is 2. The van der Waals surface area contributed by atoms with Crippen LogP contribution in [0.1, 0.15) is 135 Å². The van der Waals surface area contributed by atoms with E-state index < -0.39 is 11.6 Å². The normalized spacial score (nSPS) is 29.7. The quantitative estimate of drug-likeness (QED) is 0.129. The average molecular weight is 793 g/mol. The molecule has 0 radical (unpaired) electrons. The molecule has 8 atom stereocenters. The SMILES string of the molecule is Fc1cc(N2[C@@H](c3ccc4nc([C@@H]5C[C@@H]6CCC[C@@H]6N5)[nH]c4c3)CC[C@H]2c2ccc3nc([C@@H]4C[C@@H]5CCC[C@@H]5N4)[nH]c3c2)cc(F)c1N1CCC(c2ccccc2)CC1. The zero-order valence-corrected chi connectivity index (χ0v) is 33.6. The van der Waals surface area contributed by atoms with E-state index in [1.54, 1.807) is 12.1 Å². The summed E-state index contributed by atoms with van der Waals surface area (Å²) in [7, 11) is 0. The van der Waals surface area contributed by atoms with Crippen LogP contribution in [0, 0.1) is 23.5 Å². The van der Waals surface area contributed by atoms with Crippen LogP contribution in [-0.2, 0) is 0 Å². The molecular formula is C49H54F2N8. The van der Waals surface area contributed by atoms with Crippen molar-refractivity contribution in [3.63, 3.8) is 0 Å². The minimum absolute atomic E-state index is 0.0819. The monoisotopic (exact) mass is 792 g/mol. The molecule has 4 saturated heterocycles. The van der Waals surface area contributed by atoms with Gasteiger partial charge in [0.25, 0.3) is 0 Å². The highest BCUT2D eigenvalue weighted by molar-refractivity contribution is 5.78. The van der Waals surface area contributed by atoms with Crippen LogP contribution in [0.4, 0.5) is 20.2 Å². The van der Waals surface area contributed by atoms with Crippen molar-refractivity contribution in [2.45, 2.75) is 119 Å². The summed E-state index contributed by atoms with van der Waals surface area (Å²) < 4.78 is 33.1. The fraction of sp³-hybridized carbons (Fsp3) is 0.469. The minimum Gasteiger partial charge on any atom is -0.367 e. The van der Waals surface area contributed by atoms with Gasteiger partial charge in [0.15, 0.2) is 11.6 Å². The molecular weight excluding hydrogens is 739 g/mol. The molecule has 0 amide bonds. The average Bonchev–Trinajstić information content (AvgIpc) is 4.10. The number of nitrogens with one attached hydrogen (secondary N) is 4. The number of aromatic nitrogens is 4. The van der Waals surface area contributed by atoms with Gasteiger partial charge >= 0.3 is 0 Å². The second-order valence-electron chi connectivity index (χ2n) is 18.7. The van der Waals surface area contributed by atoms with E-state index in [1.165, 1.54) is 44.1 Å². The number of aromatic amines is 2. The Balaban J connectivity index is 0.870. The van der Waals surface area contributed by atoms with E-state index in [0.29, 0.717) is 36.8 Å². The third-order valence-electron chi connectivity index (χ3n) is 15.5. The molecule has 6 aliphatic rings. The lowest BCUT2D eigenvalue weighted by Crippen LogP contribution is -2.34. The summed E-state index contributed by atoms with van der Waals surface area (Å²) in [5.41, 5.74) is 8.19. The number of rotatable bonds is 7. The van der Waals surface area contributed by atoms with Gasteiger partial charge in [-0.1, -0.05) is 55.3 Å². The molecule has 6 heterocycles. The van der Waals surface area contributed by atoms with Crippen LogP contribution in [0.25, 0.3) is 22.1 Å². The van der Waals surface area contributed by atoms with Crippen molar-refractivity contribution >= 4 is 33.4 Å². The first-order valence-electron chi connectivity index (χ1n) is 22.6. The molecule has 0 bridgehead atoms. The van der Waals surface area contributed by atoms with Gasteiger partial charge in [0.2, 0.25) is 0 Å². The smallest absolute Gasteiger partial charge is 0.151 e. The molecule has 304 valence electrons. The van der Waals surface area contributed by atoms with Gasteiger partial charge in [0.05, 0.1) is 46.2 Å². The van der Waals surface area contributed by atoms with Crippen molar-refractivity contribution in [1.29, 1.82) is 0 Å². The number of hydrogen-bond acceptors (Lipinski definition) is 6. The lowest BCUT2D eigenvalue weighted by molar-refractivity contribution is 0.486. The number of fused-ring (bicyclic) bond motifs is 4. The number of benzene rings is 4. The van der Waals surface area contributed by atoms with Crippen LogP contribution >= 0.6 is 0 Å². The van der Waals surface area contributed by atoms with E-state index in [0.717, 1.165) is 95.2 Å². The van der Waals surface area contributed by atoms with E-state index >= 15 is 8.78 Å². The summed E-state index contributed by atoms with van der Waals surface area (Å²) in [5.74, 6) is 2.94. The van der Waals surface area contributed by atoms with Gasteiger partial charge in [-0.2, -0.15) is 0 Å². The largest absolute Gasteiger partial charge is 0.367 e. The number of piperidine rings is 1. The number of H-pyrrole nitrogens is 2. The lowest BCUT2D eigenvalue weighted by Gasteiger charge is -2.36. The Bertz CT molecular complexity index is 2340. The molecule has 2 aliphatic carbocycles. The van der Waals surface area contributed by atoms with E-state index in [9.17, 15) is 0 Å². The van der Waals surface area contributed by atoms with Crippen LogP contribution in [-0.4, -0.2) is 45.1 Å². The maximum Gasteiger partial charge on any atom is 0.151 e. The van der Waals surface area contributed by atoms with Gasteiger partial charge in [-0.05, 0) is 135 Å². The molecule has 0 spiro atoms. The van der Waals surface area contributed by atoms with E-state index in [4.69, 9.17) is 9.97 Å². The van der Waals surface area contributed by atoms with Gasteiger partial charge in [0, 0.05) is 30.9 Å². The lowest BCUT2D eigenvalue weighted by atomic mass is 9.89. The standard InChI is InChI=1S/C49H54F2N8/c50-35-26-34(27-36(51)47(35)58-20-18-29(19-21-58)28-6-2-1-3-7-28)59-45(32-12-14-39-41(24-32)56-48(54-39)43-22-30-8-4-10-37(30)52-43)16-17-46(59)33-13-15-40-42(25-33)57-49(55-40)44-23-31-9-5-11-38(31)53-44/h1-3,6-7,12-15,24-27,29-31,37-38,43-46,52-53H,4-5,8-11,16-23H2,(H,54,56)(H,55,57)/t30-,31-,37-,38-,43-,44-,45-,46+/m0/s1. The van der Waals surface area contributed by atoms with Gasteiger partial charge in [0.1, 0.15) is 17.3 Å². The third-order valence-corrected chi connectivity index (χ3v) is 15.5. The van der Waals surface area contributed by atoms with E-state index in [2.05, 4.69) is 86.2 Å². The fourth-order valence-electron chi connectivity index (χ4n) is 12.5. The highest BCUT2D eigenvalue weighted by atomic mass is 19.1. The Hall–Kier alpha value is -4.80. The van der Waals surface area contributed by atoms with Crippen molar-refractivity contribution in [3.8, 4) is 0 Å². The summed E-state index contributed by atoms with van der Waals surface area (Å²) in [4.78, 5) is 21.7. The zero-order valence-electron chi connectivity index (χ0n) is 33.6.